The Bertz CT molecular complexity index is 881. The lowest BCUT2D eigenvalue weighted by Gasteiger charge is -2.37. The van der Waals surface area contributed by atoms with Crippen LogP contribution in [-0.2, 0) is 6.54 Å². The molecule has 1 saturated heterocycles. The number of rotatable bonds is 3. The van der Waals surface area contributed by atoms with Gasteiger partial charge in [0.05, 0.1) is 17.9 Å². The maximum atomic E-state index is 14.0. The van der Waals surface area contributed by atoms with Crippen molar-refractivity contribution in [3.8, 4) is 0 Å². The lowest BCUT2D eigenvalue weighted by molar-refractivity contribution is 0.370. The molecule has 0 spiro atoms. The van der Waals surface area contributed by atoms with Crippen LogP contribution in [0, 0.1) is 5.82 Å². The number of piperazine rings is 1. The number of aromatic nitrogens is 2. The van der Waals surface area contributed by atoms with Crippen LogP contribution in [-0.4, -0.2) is 53.5 Å². The molecule has 1 aliphatic heterocycles. The average Bonchev–Trinajstić information content (AvgIpc) is 3.25. The Balaban J connectivity index is 1.35. The summed E-state index contributed by atoms with van der Waals surface area (Å²) in [4.78, 5) is 14.3. The molecular formula is C18H21FN6S. The summed E-state index contributed by atoms with van der Waals surface area (Å²) in [7, 11) is 1.79. The highest BCUT2D eigenvalue weighted by molar-refractivity contribution is 7.15. The molecule has 6 nitrogen and oxygen atoms in total. The van der Waals surface area contributed by atoms with Crippen molar-refractivity contribution in [3.05, 3.63) is 53.6 Å². The number of aliphatic imine (C=N–C) groups is 1. The summed E-state index contributed by atoms with van der Waals surface area (Å²) in [5.41, 5.74) is 1.66. The summed E-state index contributed by atoms with van der Waals surface area (Å²) in [6, 6.07) is 6.95. The molecule has 0 radical (unpaired) electrons. The number of para-hydroxylation sites is 1. The summed E-state index contributed by atoms with van der Waals surface area (Å²) < 4.78 is 16.0. The zero-order valence-electron chi connectivity index (χ0n) is 14.6. The van der Waals surface area contributed by atoms with Crippen molar-refractivity contribution in [3.63, 3.8) is 0 Å². The second-order valence-electron chi connectivity index (χ2n) is 6.15. The molecule has 0 saturated carbocycles. The number of anilines is 1. The maximum Gasteiger partial charge on any atom is 0.194 e. The Labute approximate surface area is 155 Å². The molecule has 0 bridgehead atoms. The number of nitrogens with one attached hydrogen (secondary N) is 1. The van der Waals surface area contributed by atoms with Crippen LogP contribution in [0.4, 0.5) is 10.1 Å². The first-order valence-corrected chi connectivity index (χ1v) is 9.49. The van der Waals surface area contributed by atoms with E-state index in [-0.39, 0.29) is 5.82 Å². The average molecular weight is 372 g/mol. The number of thiazole rings is 1. The lowest BCUT2D eigenvalue weighted by Crippen LogP contribution is -2.52. The zero-order chi connectivity index (χ0) is 17.9. The Morgan fingerprint density at radius 2 is 2.08 bits per heavy atom. The fourth-order valence-electron chi connectivity index (χ4n) is 3.23. The fourth-order valence-corrected chi connectivity index (χ4v) is 3.95. The molecule has 1 N–H and O–H groups in total. The van der Waals surface area contributed by atoms with Crippen molar-refractivity contribution in [2.24, 2.45) is 4.99 Å². The Hall–Kier alpha value is -2.61. The van der Waals surface area contributed by atoms with Gasteiger partial charge in [0.2, 0.25) is 0 Å². The van der Waals surface area contributed by atoms with Crippen molar-refractivity contribution in [2.75, 3.05) is 38.1 Å². The molecule has 1 fully saturated rings. The number of benzene rings is 1. The monoisotopic (exact) mass is 372 g/mol. The van der Waals surface area contributed by atoms with Gasteiger partial charge in [0.25, 0.3) is 0 Å². The summed E-state index contributed by atoms with van der Waals surface area (Å²) in [5, 5.41) is 5.41. The number of imidazole rings is 1. The largest absolute Gasteiger partial charge is 0.366 e. The summed E-state index contributed by atoms with van der Waals surface area (Å²) in [5.74, 6) is 0.692. The molecule has 2 aromatic heterocycles. The van der Waals surface area contributed by atoms with E-state index in [9.17, 15) is 4.39 Å². The normalized spacial score (nSPS) is 15.7. The minimum absolute atomic E-state index is 0.164. The second-order valence-corrected chi connectivity index (χ2v) is 7.02. The minimum Gasteiger partial charge on any atom is -0.366 e. The molecule has 8 heteroatoms. The maximum absolute atomic E-state index is 14.0. The Kier molecular flexibility index (Phi) is 4.75. The molecule has 0 atom stereocenters. The van der Waals surface area contributed by atoms with Crippen LogP contribution in [0.5, 0.6) is 0 Å². The van der Waals surface area contributed by atoms with Crippen molar-refractivity contribution in [2.45, 2.75) is 6.54 Å². The van der Waals surface area contributed by atoms with E-state index in [1.54, 1.807) is 24.5 Å². The van der Waals surface area contributed by atoms with Gasteiger partial charge in [0.1, 0.15) is 5.82 Å². The Morgan fingerprint density at radius 3 is 2.81 bits per heavy atom. The topological polar surface area (TPSA) is 48.2 Å². The molecule has 4 rings (SSSR count). The number of halogens is 1. The van der Waals surface area contributed by atoms with Gasteiger partial charge in [0, 0.05) is 51.0 Å². The number of fused-ring (bicyclic) bond motifs is 1. The van der Waals surface area contributed by atoms with E-state index in [0.717, 1.165) is 42.8 Å². The second kappa shape index (κ2) is 7.33. The first-order chi connectivity index (χ1) is 12.7. The number of hydrogen-bond donors (Lipinski definition) is 1. The number of guanidine groups is 1. The quantitative estimate of drug-likeness (QED) is 0.567. The highest BCUT2D eigenvalue weighted by Gasteiger charge is 2.21. The van der Waals surface area contributed by atoms with Crippen LogP contribution in [0.25, 0.3) is 4.96 Å². The molecular weight excluding hydrogens is 351 g/mol. The first kappa shape index (κ1) is 16.8. The fraction of sp³-hybridized carbons (Fsp3) is 0.333. The standard InChI is InChI=1S/C18H21FN6S/c1-20-17(21-12-14-13-25-10-11-26-18(25)22-14)24-8-6-23(7-9-24)16-5-3-2-4-15(16)19/h2-5,10-11,13H,6-9,12H2,1H3,(H,20,21). The van der Waals surface area contributed by atoms with Crippen LogP contribution in [0.1, 0.15) is 5.69 Å². The molecule has 3 aromatic rings. The highest BCUT2D eigenvalue weighted by Crippen LogP contribution is 2.20. The number of hydrogen-bond acceptors (Lipinski definition) is 4. The molecule has 3 heterocycles. The van der Waals surface area contributed by atoms with Gasteiger partial charge in [-0.2, -0.15) is 0 Å². The third-order valence-corrected chi connectivity index (χ3v) is 5.33. The summed E-state index contributed by atoms with van der Waals surface area (Å²) in [6.45, 7) is 3.76. The molecule has 0 unspecified atom stereocenters. The van der Waals surface area contributed by atoms with Gasteiger partial charge < -0.3 is 15.1 Å². The third-order valence-electron chi connectivity index (χ3n) is 4.55. The van der Waals surface area contributed by atoms with Gasteiger partial charge in [-0.15, -0.1) is 11.3 Å². The van der Waals surface area contributed by atoms with Gasteiger partial charge in [0.15, 0.2) is 10.9 Å². The number of nitrogens with zero attached hydrogens (tertiary/aromatic N) is 5. The summed E-state index contributed by atoms with van der Waals surface area (Å²) >= 11 is 1.62. The zero-order valence-corrected chi connectivity index (χ0v) is 15.4. The van der Waals surface area contributed by atoms with Gasteiger partial charge in [-0.1, -0.05) is 12.1 Å². The molecule has 1 aromatic carbocycles. The van der Waals surface area contributed by atoms with Crippen molar-refractivity contribution < 1.29 is 4.39 Å². The van der Waals surface area contributed by atoms with E-state index in [0.29, 0.717) is 12.2 Å². The molecule has 0 amide bonds. The first-order valence-electron chi connectivity index (χ1n) is 8.61. The van der Waals surface area contributed by atoms with E-state index < -0.39 is 0 Å². The SMILES string of the molecule is CN=C(NCc1cn2ccsc2n1)N1CCN(c2ccccc2F)CC1. The predicted octanol–water partition coefficient (Wildman–Crippen LogP) is 2.43. The minimum atomic E-state index is -0.164. The highest BCUT2D eigenvalue weighted by atomic mass is 32.1. The van der Waals surface area contributed by atoms with E-state index in [1.165, 1.54) is 6.07 Å². The smallest absolute Gasteiger partial charge is 0.194 e. The van der Waals surface area contributed by atoms with Gasteiger partial charge >= 0.3 is 0 Å². The summed E-state index contributed by atoms with van der Waals surface area (Å²) in [6.07, 6.45) is 4.04. The van der Waals surface area contributed by atoms with Crippen LogP contribution >= 0.6 is 11.3 Å². The molecule has 1 aliphatic rings. The van der Waals surface area contributed by atoms with Gasteiger partial charge in [-0.3, -0.25) is 9.39 Å². The molecule has 136 valence electrons. The third kappa shape index (κ3) is 3.37. The molecule has 26 heavy (non-hydrogen) atoms. The predicted molar refractivity (Wildman–Crippen MR) is 103 cm³/mol. The van der Waals surface area contributed by atoms with Crippen LogP contribution < -0.4 is 10.2 Å². The van der Waals surface area contributed by atoms with Crippen LogP contribution in [0.3, 0.4) is 0 Å². The van der Waals surface area contributed by atoms with Crippen molar-refractivity contribution in [1.29, 1.82) is 0 Å². The van der Waals surface area contributed by atoms with Crippen molar-refractivity contribution in [1.82, 2.24) is 19.6 Å². The van der Waals surface area contributed by atoms with E-state index in [2.05, 4.69) is 25.1 Å². The van der Waals surface area contributed by atoms with Crippen molar-refractivity contribution >= 4 is 27.9 Å². The molecule has 0 aliphatic carbocycles. The van der Waals surface area contributed by atoms with Gasteiger partial charge in [-0.05, 0) is 12.1 Å². The van der Waals surface area contributed by atoms with Crippen LogP contribution in [0.2, 0.25) is 0 Å². The lowest BCUT2D eigenvalue weighted by atomic mass is 10.2. The van der Waals surface area contributed by atoms with E-state index >= 15 is 0 Å². The van der Waals surface area contributed by atoms with Crippen LogP contribution in [0.15, 0.2) is 47.0 Å². The van der Waals surface area contributed by atoms with E-state index in [4.69, 9.17) is 0 Å². The van der Waals surface area contributed by atoms with E-state index in [1.807, 2.05) is 34.3 Å². The Morgan fingerprint density at radius 1 is 1.27 bits per heavy atom. The van der Waals surface area contributed by atoms with Gasteiger partial charge in [-0.25, -0.2) is 9.37 Å².